The Hall–Kier alpha value is -4.17. The molecule has 3 aromatic rings. The van der Waals surface area contributed by atoms with E-state index in [4.69, 9.17) is 4.74 Å². The zero-order valence-corrected chi connectivity index (χ0v) is 19.5. The number of amides is 1. The summed E-state index contributed by atoms with van der Waals surface area (Å²) in [5, 5.41) is 23.4. The molecule has 0 radical (unpaired) electrons. The Morgan fingerprint density at radius 1 is 1.14 bits per heavy atom. The first kappa shape index (κ1) is 25.5. The maximum atomic E-state index is 12.9. The molecule has 0 heterocycles. The van der Waals surface area contributed by atoms with Gasteiger partial charge in [-0.25, -0.2) is 0 Å². The van der Waals surface area contributed by atoms with Crippen molar-refractivity contribution in [2.75, 3.05) is 5.32 Å². The number of nitro groups is 1. The van der Waals surface area contributed by atoms with Crippen LogP contribution in [0, 0.1) is 28.4 Å². The van der Waals surface area contributed by atoms with Crippen molar-refractivity contribution in [1.82, 2.24) is 0 Å². The van der Waals surface area contributed by atoms with Crippen LogP contribution in [0.25, 0.3) is 6.08 Å². The van der Waals surface area contributed by atoms with Crippen LogP contribution in [0.2, 0.25) is 0 Å². The lowest BCUT2D eigenvalue weighted by atomic mass is 10.1. The van der Waals surface area contributed by atoms with E-state index in [9.17, 15) is 33.3 Å². The Kier molecular flexibility index (Phi) is 7.56. The predicted molar refractivity (Wildman–Crippen MR) is 126 cm³/mol. The smallest absolute Gasteiger partial charge is 0.416 e. The number of nitrogens with one attached hydrogen (secondary N) is 1. The van der Waals surface area contributed by atoms with Gasteiger partial charge in [-0.05, 0) is 70.4 Å². The van der Waals surface area contributed by atoms with Crippen LogP contribution in [0.3, 0.4) is 0 Å². The maximum absolute atomic E-state index is 12.9. The van der Waals surface area contributed by atoms with Crippen molar-refractivity contribution >= 4 is 39.3 Å². The average Bonchev–Trinajstić information content (AvgIpc) is 2.80. The second-order valence-corrected chi connectivity index (χ2v) is 8.02. The van der Waals surface area contributed by atoms with Gasteiger partial charge >= 0.3 is 11.9 Å². The highest BCUT2D eigenvalue weighted by Gasteiger charge is 2.33. The second kappa shape index (κ2) is 10.4. The van der Waals surface area contributed by atoms with Crippen LogP contribution in [-0.2, 0) is 11.0 Å². The molecule has 7 nitrogen and oxygen atoms in total. The fraction of sp³-hybridized carbons (Fsp3) is 0.0833. The molecule has 0 spiro atoms. The summed E-state index contributed by atoms with van der Waals surface area (Å²) in [4.78, 5) is 22.8. The lowest BCUT2D eigenvalue weighted by molar-refractivity contribution is -0.385. The highest BCUT2D eigenvalue weighted by atomic mass is 79.9. The van der Waals surface area contributed by atoms with Crippen molar-refractivity contribution < 1.29 is 27.6 Å². The van der Waals surface area contributed by atoms with E-state index in [1.807, 2.05) is 25.1 Å². The lowest BCUT2D eigenvalue weighted by Crippen LogP contribution is -2.14. The number of ether oxygens (including phenoxy) is 1. The number of aryl methyl sites for hydroxylation is 1. The second-order valence-electron chi connectivity index (χ2n) is 7.17. The standard InChI is InChI=1S/C24H15BrF3N3O4/c1-14-4-2-3-5-19(14)30-23(32)16(13-29)10-15-6-8-21(18(25)11-15)35-22-9-7-17(24(26,27)28)12-20(22)31(33)34/h2-12H,1H3,(H,30,32)/b16-10+. The first-order valence-electron chi connectivity index (χ1n) is 9.81. The number of carbonyl (C=O) groups excluding carboxylic acids is 1. The molecule has 1 N–H and O–H groups in total. The van der Waals surface area contributed by atoms with Crippen LogP contribution in [0.4, 0.5) is 24.5 Å². The van der Waals surface area contributed by atoms with E-state index in [2.05, 4.69) is 21.2 Å². The Labute approximate surface area is 205 Å². The van der Waals surface area contributed by atoms with Crippen molar-refractivity contribution in [3.8, 4) is 17.6 Å². The molecule has 0 aliphatic carbocycles. The van der Waals surface area contributed by atoms with Crippen molar-refractivity contribution in [3.05, 3.63) is 97.5 Å². The van der Waals surface area contributed by atoms with E-state index in [1.165, 1.54) is 24.3 Å². The fourth-order valence-corrected chi connectivity index (χ4v) is 3.43. The summed E-state index contributed by atoms with van der Waals surface area (Å²) >= 11 is 3.24. The number of para-hydroxylation sites is 1. The molecule has 3 aromatic carbocycles. The van der Waals surface area contributed by atoms with Crippen LogP contribution < -0.4 is 10.1 Å². The van der Waals surface area contributed by atoms with Gasteiger partial charge in [-0.2, -0.15) is 18.4 Å². The summed E-state index contributed by atoms with van der Waals surface area (Å²) in [6.07, 6.45) is -3.41. The highest BCUT2D eigenvalue weighted by molar-refractivity contribution is 9.10. The molecule has 0 saturated heterocycles. The summed E-state index contributed by atoms with van der Waals surface area (Å²) < 4.78 is 44.5. The molecular formula is C24H15BrF3N3O4. The van der Waals surface area contributed by atoms with Gasteiger partial charge in [0.1, 0.15) is 17.4 Å². The van der Waals surface area contributed by atoms with Gasteiger partial charge < -0.3 is 10.1 Å². The summed E-state index contributed by atoms with van der Waals surface area (Å²) in [6.45, 7) is 1.81. The zero-order chi connectivity index (χ0) is 25.8. The van der Waals surface area contributed by atoms with Crippen molar-refractivity contribution in [3.63, 3.8) is 0 Å². The van der Waals surface area contributed by atoms with E-state index in [1.54, 1.807) is 12.1 Å². The Balaban J connectivity index is 1.85. The van der Waals surface area contributed by atoms with Gasteiger partial charge in [0.05, 0.1) is 15.0 Å². The molecule has 11 heteroatoms. The Morgan fingerprint density at radius 3 is 2.43 bits per heavy atom. The third-order valence-electron chi connectivity index (χ3n) is 4.73. The fourth-order valence-electron chi connectivity index (χ4n) is 2.95. The van der Waals surface area contributed by atoms with Gasteiger partial charge in [-0.15, -0.1) is 0 Å². The number of hydrogen-bond donors (Lipinski definition) is 1. The molecule has 178 valence electrons. The molecule has 0 aliphatic heterocycles. The van der Waals surface area contributed by atoms with Gasteiger partial charge in [-0.1, -0.05) is 24.3 Å². The largest absolute Gasteiger partial charge is 0.449 e. The topological polar surface area (TPSA) is 105 Å². The van der Waals surface area contributed by atoms with E-state index in [0.29, 0.717) is 23.4 Å². The predicted octanol–water partition coefficient (Wildman–Crippen LogP) is 7.02. The summed E-state index contributed by atoms with van der Waals surface area (Å²) in [5.41, 5.74) is -0.393. The van der Waals surface area contributed by atoms with E-state index >= 15 is 0 Å². The number of carbonyl (C=O) groups is 1. The minimum absolute atomic E-state index is 0.0767. The first-order valence-corrected chi connectivity index (χ1v) is 10.6. The molecule has 0 aliphatic rings. The number of hydrogen-bond acceptors (Lipinski definition) is 5. The number of alkyl halides is 3. The average molecular weight is 546 g/mol. The normalized spacial score (nSPS) is 11.5. The van der Waals surface area contributed by atoms with Crippen LogP contribution >= 0.6 is 15.9 Å². The number of nitrogens with zero attached hydrogens (tertiary/aromatic N) is 2. The zero-order valence-electron chi connectivity index (χ0n) is 17.9. The number of anilines is 1. The third kappa shape index (κ3) is 6.24. The number of rotatable bonds is 6. The Morgan fingerprint density at radius 2 is 1.83 bits per heavy atom. The van der Waals surface area contributed by atoms with E-state index in [0.717, 1.165) is 11.6 Å². The lowest BCUT2D eigenvalue weighted by Gasteiger charge is -2.11. The molecule has 3 rings (SSSR count). The highest BCUT2D eigenvalue weighted by Crippen LogP contribution is 2.39. The molecule has 0 atom stereocenters. The minimum Gasteiger partial charge on any atom is -0.449 e. The minimum atomic E-state index is -4.75. The summed E-state index contributed by atoms with van der Waals surface area (Å²) in [5.74, 6) is -0.922. The van der Waals surface area contributed by atoms with Crippen LogP contribution in [0.5, 0.6) is 11.5 Å². The summed E-state index contributed by atoms with van der Waals surface area (Å²) in [6, 6.07) is 15.2. The van der Waals surface area contributed by atoms with Gasteiger partial charge in [0.25, 0.3) is 5.91 Å². The quantitative estimate of drug-likeness (QED) is 0.155. The summed E-state index contributed by atoms with van der Waals surface area (Å²) in [7, 11) is 0. The molecule has 0 saturated carbocycles. The monoisotopic (exact) mass is 545 g/mol. The molecule has 0 fully saturated rings. The maximum Gasteiger partial charge on any atom is 0.416 e. The van der Waals surface area contributed by atoms with Gasteiger partial charge in [-0.3, -0.25) is 14.9 Å². The Bertz CT molecular complexity index is 1380. The van der Waals surface area contributed by atoms with Gasteiger partial charge in [0, 0.05) is 11.8 Å². The first-order chi connectivity index (χ1) is 16.5. The van der Waals surface area contributed by atoms with Gasteiger partial charge in [0.2, 0.25) is 5.75 Å². The van der Waals surface area contributed by atoms with Crippen molar-refractivity contribution in [2.24, 2.45) is 0 Å². The molecule has 0 aromatic heterocycles. The molecule has 0 unspecified atom stereocenters. The number of nitriles is 1. The van der Waals surface area contributed by atoms with Gasteiger partial charge in [0.15, 0.2) is 0 Å². The number of benzene rings is 3. The van der Waals surface area contributed by atoms with Crippen LogP contribution in [0.1, 0.15) is 16.7 Å². The third-order valence-corrected chi connectivity index (χ3v) is 5.35. The van der Waals surface area contributed by atoms with Crippen LogP contribution in [-0.4, -0.2) is 10.8 Å². The van der Waals surface area contributed by atoms with Crippen LogP contribution in [0.15, 0.2) is 70.7 Å². The van der Waals surface area contributed by atoms with Crippen molar-refractivity contribution in [1.29, 1.82) is 5.26 Å². The van der Waals surface area contributed by atoms with Crippen molar-refractivity contribution in [2.45, 2.75) is 13.1 Å². The SMILES string of the molecule is Cc1ccccc1NC(=O)/C(C#N)=C/c1ccc(Oc2ccc(C(F)(F)F)cc2[N+](=O)[O-])c(Br)c1. The molecule has 1 amide bonds. The van der Waals surface area contributed by atoms with E-state index in [-0.39, 0.29) is 21.5 Å². The number of halogens is 4. The molecular weight excluding hydrogens is 531 g/mol. The molecule has 0 bridgehead atoms. The van der Waals surface area contributed by atoms with E-state index < -0.39 is 28.3 Å². The number of nitro benzene ring substituents is 1. The molecule has 35 heavy (non-hydrogen) atoms.